The molecule has 0 atom stereocenters. The predicted molar refractivity (Wildman–Crippen MR) is 113 cm³/mol. The van der Waals surface area contributed by atoms with Crippen LogP contribution in [-0.4, -0.2) is 17.4 Å². The van der Waals surface area contributed by atoms with E-state index in [1.165, 1.54) is 0 Å². The van der Waals surface area contributed by atoms with Crippen molar-refractivity contribution in [1.29, 1.82) is 0 Å². The molecule has 27 heavy (non-hydrogen) atoms. The molecule has 0 aromatic heterocycles. The van der Waals surface area contributed by atoms with Crippen LogP contribution in [0.15, 0.2) is 72.3 Å². The highest BCUT2D eigenvalue weighted by molar-refractivity contribution is 6.35. The van der Waals surface area contributed by atoms with Gasteiger partial charge in [-0.05, 0) is 55.0 Å². The Hall–Kier alpha value is -2.58. The molecule has 1 aliphatic heterocycles. The Morgan fingerprint density at radius 2 is 1.70 bits per heavy atom. The molecule has 3 aromatic carbocycles. The number of nitrogens with zero attached hydrogens (tertiary/aromatic N) is 1. The zero-order valence-corrected chi connectivity index (χ0v) is 16.5. The van der Waals surface area contributed by atoms with Gasteiger partial charge in [0.05, 0.1) is 5.54 Å². The van der Waals surface area contributed by atoms with Gasteiger partial charge in [-0.3, -0.25) is 4.79 Å². The molecule has 2 nitrogen and oxygen atoms in total. The summed E-state index contributed by atoms with van der Waals surface area (Å²) in [6, 6.07) is 22.1. The summed E-state index contributed by atoms with van der Waals surface area (Å²) < 4.78 is 0. The van der Waals surface area contributed by atoms with Gasteiger partial charge in [-0.1, -0.05) is 66.2 Å². The summed E-state index contributed by atoms with van der Waals surface area (Å²) in [6.07, 6.45) is 0. The Kier molecular flexibility index (Phi) is 4.32. The Morgan fingerprint density at radius 1 is 0.963 bits per heavy atom. The summed E-state index contributed by atoms with van der Waals surface area (Å²) in [5.41, 5.74) is 3.61. The van der Waals surface area contributed by atoms with Gasteiger partial charge >= 0.3 is 0 Å². The molecule has 1 heterocycles. The van der Waals surface area contributed by atoms with Crippen molar-refractivity contribution in [1.82, 2.24) is 4.90 Å². The lowest BCUT2D eigenvalue weighted by atomic mass is 9.90. The minimum Gasteiger partial charge on any atom is -0.325 e. The SMILES string of the molecule is CC1=C(c2ccccc2)C(=O)N(C(C)(C)c2ccc3c(Cl)cccc3c2)C1. The van der Waals surface area contributed by atoms with Crippen LogP contribution in [0.2, 0.25) is 5.02 Å². The molecule has 1 amide bonds. The molecule has 0 radical (unpaired) electrons. The molecule has 4 rings (SSSR count). The van der Waals surface area contributed by atoms with Crippen molar-refractivity contribution in [3.05, 3.63) is 88.5 Å². The second kappa shape index (κ2) is 6.54. The summed E-state index contributed by atoms with van der Waals surface area (Å²) in [6.45, 7) is 6.91. The number of benzene rings is 3. The molecule has 3 aromatic rings. The van der Waals surface area contributed by atoms with Crippen molar-refractivity contribution in [2.45, 2.75) is 26.3 Å². The first kappa shape index (κ1) is 17.8. The molecule has 1 aliphatic rings. The van der Waals surface area contributed by atoms with Crippen molar-refractivity contribution in [2.24, 2.45) is 0 Å². The molecule has 0 N–H and O–H groups in total. The van der Waals surface area contributed by atoms with Crippen LogP contribution < -0.4 is 0 Å². The third-order valence-electron chi connectivity index (χ3n) is 5.55. The number of carbonyl (C=O) groups is 1. The highest BCUT2D eigenvalue weighted by Crippen LogP contribution is 2.38. The third kappa shape index (κ3) is 2.94. The maximum atomic E-state index is 13.3. The Balaban J connectivity index is 1.72. The first-order chi connectivity index (χ1) is 12.9. The van der Waals surface area contributed by atoms with Crippen molar-refractivity contribution < 1.29 is 4.79 Å². The Bertz CT molecular complexity index is 1070. The van der Waals surface area contributed by atoms with Gasteiger partial charge in [-0.15, -0.1) is 0 Å². The largest absolute Gasteiger partial charge is 0.325 e. The summed E-state index contributed by atoms with van der Waals surface area (Å²) >= 11 is 6.31. The normalized spacial score (nSPS) is 15.1. The summed E-state index contributed by atoms with van der Waals surface area (Å²) in [4.78, 5) is 15.3. The summed E-state index contributed by atoms with van der Waals surface area (Å²) in [5, 5.41) is 2.87. The minimum absolute atomic E-state index is 0.0925. The monoisotopic (exact) mass is 375 g/mol. The third-order valence-corrected chi connectivity index (χ3v) is 5.88. The van der Waals surface area contributed by atoms with Gasteiger partial charge in [0.1, 0.15) is 0 Å². The average Bonchev–Trinajstić information content (AvgIpc) is 2.97. The number of rotatable bonds is 3. The highest BCUT2D eigenvalue weighted by Gasteiger charge is 2.39. The first-order valence-corrected chi connectivity index (χ1v) is 9.53. The van der Waals surface area contributed by atoms with Crippen LogP contribution in [0.4, 0.5) is 0 Å². The van der Waals surface area contributed by atoms with Crippen molar-refractivity contribution in [2.75, 3.05) is 6.54 Å². The summed E-state index contributed by atoms with van der Waals surface area (Å²) in [7, 11) is 0. The van der Waals surface area contributed by atoms with Crippen molar-refractivity contribution in [3.63, 3.8) is 0 Å². The average molecular weight is 376 g/mol. The van der Waals surface area contributed by atoms with E-state index in [0.717, 1.165) is 38.1 Å². The van der Waals surface area contributed by atoms with Crippen LogP contribution >= 0.6 is 11.6 Å². The fraction of sp³-hybridized carbons (Fsp3) is 0.208. The van der Waals surface area contributed by atoms with Crippen LogP contribution in [0, 0.1) is 0 Å². The maximum Gasteiger partial charge on any atom is 0.255 e. The number of hydrogen-bond donors (Lipinski definition) is 0. The molecular formula is C24H22ClNO. The van der Waals surface area contributed by atoms with E-state index >= 15 is 0 Å². The summed E-state index contributed by atoms with van der Waals surface area (Å²) in [5.74, 6) is 0.0925. The molecule has 0 spiro atoms. The fourth-order valence-electron chi connectivity index (χ4n) is 3.91. The van der Waals surface area contributed by atoms with E-state index in [9.17, 15) is 4.79 Å². The number of amides is 1. The van der Waals surface area contributed by atoms with Crippen LogP contribution in [0.5, 0.6) is 0 Å². The molecular weight excluding hydrogens is 354 g/mol. The number of halogens is 1. The van der Waals surface area contributed by atoms with E-state index in [2.05, 4.69) is 39.0 Å². The molecule has 0 fully saturated rings. The maximum absolute atomic E-state index is 13.3. The van der Waals surface area contributed by atoms with Crippen LogP contribution in [-0.2, 0) is 10.3 Å². The van der Waals surface area contributed by atoms with Crippen LogP contribution in [0.25, 0.3) is 16.3 Å². The Labute approximate surface area is 165 Å². The topological polar surface area (TPSA) is 20.3 Å². The number of hydrogen-bond acceptors (Lipinski definition) is 1. The van der Waals surface area contributed by atoms with Crippen LogP contribution in [0.1, 0.15) is 31.9 Å². The van der Waals surface area contributed by atoms with Gasteiger partial charge in [-0.25, -0.2) is 0 Å². The molecule has 136 valence electrons. The van der Waals surface area contributed by atoms with E-state index < -0.39 is 5.54 Å². The zero-order chi connectivity index (χ0) is 19.2. The van der Waals surface area contributed by atoms with Crippen LogP contribution in [0.3, 0.4) is 0 Å². The zero-order valence-electron chi connectivity index (χ0n) is 15.8. The minimum atomic E-state index is -0.425. The first-order valence-electron chi connectivity index (χ1n) is 9.15. The second-order valence-electron chi connectivity index (χ2n) is 7.65. The van der Waals surface area contributed by atoms with E-state index in [1.807, 2.05) is 53.4 Å². The molecule has 0 bridgehead atoms. The lowest BCUT2D eigenvalue weighted by Gasteiger charge is -2.37. The Morgan fingerprint density at radius 3 is 2.44 bits per heavy atom. The van der Waals surface area contributed by atoms with Gasteiger partial charge in [0.2, 0.25) is 0 Å². The van der Waals surface area contributed by atoms with E-state index in [1.54, 1.807) is 0 Å². The lowest BCUT2D eigenvalue weighted by molar-refractivity contribution is -0.128. The predicted octanol–water partition coefficient (Wildman–Crippen LogP) is 6.04. The quantitative estimate of drug-likeness (QED) is 0.546. The van der Waals surface area contributed by atoms with E-state index in [0.29, 0.717) is 6.54 Å². The smallest absolute Gasteiger partial charge is 0.255 e. The van der Waals surface area contributed by atoms with Gasteiger partial charge in [-0.2, -0.15) is 0 Å². The van der Waals surface area contributed by atoms with Gasteiger partial charge in [0.25, 0.3) is 5.91 Å². The van der Waals surface area contributed by atoms with Gasteiger partial charge in [0, 0.05) is 22.5 Å². The number of fused-ring (bicyclic) bond motifs is 1. The van der Waals surface area contributed by atoms with Gasteiger partial charge < -0.3 is 4.90 Å². The second-order valence-corrected chi connectivity index (χ2v) is 8.05. The van der Waals surface area contributed by atoms with Crippen molar-refractivity contribution in [3.8, 4) is 0 Å². The van der Waals surface area contributed by atoms with E-state index in [4.69, 9.17) is 11.6 Å². The highest BCUT2D eigenvalue weighted by atomic mass is 35.5. The van der Waals surface area contributed by atoms with E-state index in [-0.39, 0.29) is 5.91 Å². The standard InChI is InChI=1S/C24H22ClNO/c1-16-15-26(23(27)22(16)17-8-5-4-6-9-17)24(2,3)19-12-13-20-18(14-19)10-7-11-21(20)25/h4-14H,15H2,1-3H3. The molecule has 0 unspecified atom stereocenters. The van der Waals surface area contributed by atoms with Gasteiger partial charge in [0.15, 0.2) is 0 Å². The molecule has 3 heteroatoms. The molecule has 0 saturated heterocycles. The van der Waals surface area contributed by atoms with Crippen molar-refractivity contribution >= 4 is 33.9 Å². The lowest BCUT2D eigenvalue weighted by Crippen LogP contribution is -2.43. The fourth-order valence-corrected chi connectivity index (χ4v) is 4.16. The molecule has 0 saturated carbocycles. The molecule has 0 aliphatic carbocycles. The number of carbonyl (C=O) groups excluding carboxylic acids is 1.